The predicted octanol–water partition coefficient (Wildman–Crippen LogP) is 5.76. The summed E-state index contributed by atoms with van der Waals surface area (Å²) in [4.78, 5) is 15.5. The topological polar surface area (TPSA) is 108 Å². The van der Waals surface area contributed by atoms with Gasteiger partial charge in [0.1, 0.15) is 35.4 Å². The number of nitrogens with one attached hydrogen (secondary N) is 1. The minimum Gasteiger partial charge on any atom is -0.598 e. The number of hydrogen-bond donors (Lipinski definition) is 2. The summed E-state index contributed by atoms with van der Waals surface area (Å²) in [5, 5.41) is 10.0. The number of ether oxygens (including phenoxy) is 1. The van der Waals surface area contributed by atoms with Crippen molar-refractivity contribution in [3.05, 3.63) is 83.9 Å². The number of alkyl halides is 1. The molecule has 0 radical (unpaired) electrons. The van der Waals surface area contributed by atoms with E-state index in [0.29, 0.717) is 22.6 Å². The Balaban J connectivity index is 1.64. The SMILES string of the molecule is CC(C)(C)[S+]([O-])N[C@H](CF)c1cc(-c2cc(COc3ccccc3CC(=O)O)cc3ccoc23)ccn1. The van der Waals surface area contributed by atoms with Gasteiger partial charge < -0.3 is 18.8 Å². The summed E-state index contributed by atoms with van der Waals surface area (Å²) in [6.07, 6.45) is 3.06. The molecule has 0 aliphatic carbocycles. The third-order valence-corrected chi connectivity index (χ3v) is 7.34. The molecule has 194 valence electrons. The molecular weight excluding hydrogens is 495 g/mol. The first-order valence-electron chi connectivity index (χ1n) is 11.8. The lowest BCUT2D eigenvalue weighted by Crippen LogP contribution is -2.42. The maximum atomic E-state index is 14.0. The van der Waals surface area contributed by atoms with Crippen molar-refractivity contribution in [2.75, 3.05) is 6.67 Å². The molecule has 2 atom stereocenters. The third kappa shape index (κ3) is 6.49. The van der Waals surface area contributed by atoms with Crippen molar-refractivity contribution < 1.29 is 28.0 Å². The van der Waals surface area contributed by atoms with Gasteiger partial charge in [-0.3, -0.25) is 9.78 Å². The number of hydrogen-bond acceptors (Lipinski definition) is 6. The average molecular weight is 525 g/mol. The minimum atomic E-state index is -1.47. The Hall–Kier alpha value is -3.40. The first kappa shape index (κ1) is 26.7. The van der Waals surface area contributed by atoms with Crippen molar-refractivity contribution in [2.45, 2.75) is 44.6 Å². The Bertz CT molecular complexity index is 1380. The zero-order valence-corrected chi connectivity index (χ0v) is 21.7. The molecule has 2 heterocycles. The number of fused-ring (bicyclic) bond motifs is 1. The second-order valence-corrected chi connectivity index (χ2v) is 11.6. The summed E-state index contributed by atoms with van der Waals surface area (Å²) < 4.78 is 40.6. The molecule has 0 spiro atoms. The quantitative estimate of drug-likeness (QED) is 0.254. The monoisotopic (exact) mass is 524 g/mol. The fourth-order valence-corrected chi connectivity index (χ4v) is 4.64. The molecule has 2 aromatic carbocycles. The maximum absolute atomic E-state index is 14.0. The predicted molar refractivity (Wildman–Crippen MR) is 141 cm³/mol. The largest absolute Gasteiger partial charge is 0.598 e. The Labute approximate surface area is 218 Å². The van der Waals surface area contributed by atoms with Crippen LogP contribution in [0.25, 0.3) is 22.1 Å². The highest BCUT2D eigenvalue weighted by Gasteiger charge is 2.30. The second-order valence-electron chi connectivity index (χ2n) is 9.62. The molecule has 4 aromatic rings. The van der Waals surface area contributed by atoms with Gasteiger partial charge in [-0.2, -0.15) is 0 Å². The highest BCUT2D eigenvalue weighted by Crippen LogP contribution is 2.33. The summed E-state index contributed by atoms with van der Waals surface area (Å²) in [6, 6.07) is 15.5. The Morgan fingerprint density at radius 1 is 1.22 bits per heavy atom. The molecule has 1 unspecified atom stereocenters. The number of nitrogens with zero attached hydrogens (tertiary/aromatic N) is 1. The molecule has 0 fully saturated rings. The molecular formula is C28H29FN2O5S. The fourth-order valence-electron chi connectivity index (χ4n) is 3.84. The standard InChI is InChI=1S/C28H29FN2O5S/c1-28(2,3)37(34)31-24(16-29)23-14-19(8-10-30-23)22-13-18(12-21-9-11-35-27(21)22)17-36-25-7-5-4-6-20(25)15-26(32)33/h4-14,24,31H,15-17H2,1-3H3,(H,32,33)/t24-,37?/m1/s1. The van der Waals surface area contributed by atoms with Gasteiger partial charge in [0, 0.05) is 34.1 Å². The summed E-state index contributed by atoms with van der Waals surface area (Å²) in [6.45, 7) is 4.89. The van der Waals surface area contributed by atoms with Gasteiger partial charge in [-0.25, -0.2) is 4.39 Å². The molecule has 2 aromatic heterocycles. The van der Waals surface area contributed by atoms with Gasteiger partial charge in [0.25, 0.3) is 0 Å². The average Bonchev–Trinajstić information content (AvgIpc) is 3.34. The van der Waals surface area contributed by atoms with Crippen molar-refractivity contribution in [3.8, 4) is 16.9 Å². The molecule has 0 aliphatic rings. The van der Waals surface area contributed by atoms with Crippen LogP contribution < -0.4 is 9.46 Å². The molecule has 37 heavy (non-hydrogen) atoms. The normalized spacial score (nSPS) is 13.4. The summed E-state index contributed by atoms with van der Waals surface area (Å²) >= 11 is -1.47. The number of pyridine rings is 1. The number of rotatable bonds is 10. The zero-order valence-electron chi connectivity index (χ0n) is 20.9. The number of furan rings is 1. The first-order valence-corrected chi connectivity index (χ1v) is 12.9. The van der Waals surface area contributed by atoms with Crippen LogP contribution in [-0.4, -0.2) is 32.0 Å². The van der Waals surface area contributed by atoms with Crippen LogP contribution in [0.3, 0.4) is 0 Å². The third-order valence-electron chi connectivity index (χ3n) is 5.73. The van der Waals surface area contributed by atoms with Crippen molar-refractivity contribution >= 4 is 28.3 Å². The van der Waals surface area contributed by atoms with Crippen LogP contribution in [0.1, 0.15) is 43.6 Å². The molecule has 0 saturated carbocycles. The van der Waals surface area contributed by atoms with Gasteiger partial charge in [0.15, 0.2) is 0 Å². The van der Waals surface area contributed by atoms with E-state index in [4.69, 9.17) is 9.15 Å². The zero-order chi connectivity index (χ0) is 26.6. The van der Waals surface area contributed by atoms with Crippen LogP contribution in [0.2, 0.25) is 0 Å². The highest BCUT2D eigenvalue weighted by molar-refractivity contribution is 7.90. The Morgan fingerprint density at radius 3 is 2.73 bits per heavy atom. The number of para-hydroxylation sites is 1. The lowest BCUT2D eigenvalue weighted by atomic mass is 10.00. The molecule has 0 saturated heterocycles. The van der Waals surface area contributed by atoms with Crippen LogP contribution in [-0.2, 0) is 29.2 Å². The van der Waals surface area contributed by atoms with E-state index in [2.05, 4.69) is 9.71 Å². The van der Waals surface area contributed by atoms with Crippen molar-refractivity contribution in [2.24, 2.45) is 0 Å². The highest BCUT2D eigenvalue weighted by atomic mass is 32.2. The van der Waals surface area contributed by atoms with E-state index in [1.54, 1.807) is 42.8 Å². The van der Waals surface area contributed by atoms with Gasteiger partial charge in [0.05, 0.1) is 18.4 Å². The van der Waals surface area contributed by atoms with Gasteiger partial charge in [-0.05, 0) is 68.3 Å². The molecule has 7 nitrogen and oxygen atoms in total. The Kier molecular flexibility index (Phi) is 8.16. The van der Waals surface area contributed by atoms with Crippen molar-refractivity contribution in [3.63, 3.8) is 0 Å². The molecule has 0 aliphatic heterocycles. The molecule has 9 heteroatoms. The van der Waals surface area contributed by atoms with Gasteiger partial charge in [-0.1, -0.05) is 18.2 Å². The summed E-state index contributed by atoms with van der Waals surface area (Å²) in [5.41, 5.74) is 4.08. The van der Waals surface area contributed by atoms with Gasteiger partial charge in [-0.15, -0.1) is 4.72 Å². The van der Waals surface area contributed by atoms with Gasteiger partial charge in [0.2, 0.25) is 0 Å². The minimum absolute atomic E-state index is 0.133. The second kappa shape index (κ2) is 11.3. The van der Waals surface area contributed by atoms with E-state index in [1.165, 1.54) is 0 Å². The smallest absolute Gasteiger partial charge is 0.307 e. The molecule has 2 N–H and O–H groups in total. The number of aromatic nitrogens is 1. The van der Waals surface area contributed by atoms with E-state index in [0.717, 1.165) is 22.1 Å². The van der Waals surface area contributed by atoms with E-state index in [1.807, 2.05) is 45.0 Å². The number of aliphatic carboxylic acids is 1. The maximum Gasteiger partial charge on any atom is 0.307 e. The first-order chi connectivity index (χ1) is 17.7. The molecule has 0 bridgehead atoms. The number of carboxylic acid groups (broad SMARTS) is 1. The fraction of sp³-hybridized carbons (Fsp3) is 0.286. The number of halogens is 1. The van der Waals surface area contributed by atoms with E-state index in [9.17, 15) is 18.8 Å². The van der Waals surface area contributed by atoms with Crippen LogP contribution in [0, 0.1) is 0 Å². The number of carboxylic acids is 1. The summed E-state index contributed by atoms with van der Waals surface area (Å²) in [5.74, 6) is -0.423. The lowest BCUT2D eigenvalue weighted by molar-refractivity contribution is -0.136. The van der Waals surface area contributed by atoms with E-state index < -0.39 is 34.8 Å². The Morgan fingerprint density at radius 2 is 2.00 bits per heavy atom. The van der Waals surface area contributed by atoms with Crippen LogP contribution in [0.5, 0.6) is 5.75 Å². The van der Waals surface area contributed by atoms with Crippen LogP contribution in [0.15, 0.2) is 71.5 Å². The van der Waals surface area contributed by atoms with Crippen molar-refractivity contribution in [1.82, 2.24) is 9.71 Å². The number of benzene rings is 2. The van der Waals surface area contributed by atoms with Gasteiger partial charge >= 0.3 is 5.97 Å². The number of carbonyl (C=O) groups is 1. The van der Waals surface area contributed by atoms with Crippen molar-refractivity contribution in [1.29, 1.82) is 0 Å². The van der Waals surface area contributed by atoms with E-state index in [-0.39, 0.29) is 13.0 Å². The molecule has 4 rings (SSSR count). The summed E-state index contributed by atoms with van der Waals surface area (Å²) in [7, 11) is 0. The van der Waals surface area contributed by atoms with E-state index >= 15 is 0 Å². The van der Waals surface area contributed by atoms with Crippen LogP contribution in [0.4, 0.5) is 4.39 Å². The van der Waals surface area contributed by atoms with Crippen LogP contribution >= 0.6 is 0 Å². The lowest BCUT2D eigenvalue weighted by Gasteiger charge is -2.26. The molecule has 0 amide bonds.